The van der Waals surface area contributed by atoms with Crippen LogP contribution >= 0.6 is 11.8 Å². The van der Waals surface area contributed by atoms with Gasteiger partial charge in [0.15, 0.2) is 6.61 Å². The maximum Gasteiger partial charge on any atom is 0.339 e. The van der Waals surface area contributed by atoms with Gasteiger partial charge in [-0.3, -0.25) is 10.1 Å². The van der Waals surface area contributed by atoms with Crippen molar-refractivity contribution >= 4 is 29.7 Å². The highest BCUT2D eigenvalue weighted by Gasteiger charge is 2.19. The third-order valence-corrected chi connectivity index (χ3v) is 5.53. The number of nitrogens with zero attached hydrogens (tertiary/aromatic N) is 1. The summed E-state index contributed by atoms with van der Waals surface area (Å²) in [6, 6.07) is 8.31. The fraction of sp³-hybridized carbons (Fsp3) is 0.400. The van der Waals surface area contributed by atoms with Crippen molar-refractivity contribution in [1.82, 2.24) is 15.8 Å². The van der Waals surface area contributed by atoms with Crippen LogP contribution in [-0.4, -0.2) is 35.7 Å². The van der Waals surface area contributed by atoms with Crippen LogP contribution in [0.4, 0.5) is 4.79 Å². The Hall–Kier alpha value is -2.81. The third-order valence-electron chi connectivity index (χ3n) is 4.43. The standard InChI is InChI=1S/C20H23N3O5S/c1-13-10-15(28-23-13)12-29-17-9-5-4-8-16(17)19(25)27-11-18(24)22-20(26)21-14-6-2-3-7-14/h4-5,8-10,14H,2-3,6-7,11-12H2,1H3,(H2,21,22,24,26). The van der Waals surface area contributed by atoms with Gasteiger partial charge in [0.05, 0.1) is 17.0 Å². The summed E-state index contributed by atoms with van der Waals surface area (Å²) in [5, 5.41) is 8.76. The molecule has 8 nitrogen and oxygen atoms in total. The van der Waals surface area contributed by atoms with Gasteiger partial charge < -0.3 is 14.6 Å². The van der Waals surface area contributed by atoms with E-state index in [0.717, 1.165) is 31.4 Å². The number of thioether (sulfide) groups is 1. The van der Waals surface area contributed by atoms with Gasteiger partial charge in [0.2, 0.25) is 0 Å². The van der Waals surface area contributed by atoms with Crippen LogP contribution in [0.5, 0.6) is 0 Å². The Bertz CT molecular complexity index is 877. The number of ether oxygens (including phenoxy) is 1. The number of carbonyl (C=O) groups is 3. The van der Waals surface area contributed by atoms with E-state index in [1.54, 1.807) is 18.2 Å². The zero-order valence-electron chi connectivity index (χ0n) is 16.1. The van der Waals surface area contributed by atoms with E-state index < -0.39 is 24.5 Å². The number of amides is 3. The van der Waals surface area contributed by atoms with Crippen molar-refractivity contribution in [1.29, 1.82) is 0 Å². The molecule has 1 heterocycles. The number of rotatable bonds is 7. The van der Waals surface area contributed by atoms with Crippen molar-refractivity contribution in [3.05, 3.63) is 47.3 Å². The summed E-state index contributed by atoms with van der Waals surface area (Å²) < 4.78 is 10.2. The molecule has 0 unspecified atom stereocenters. The molecule has 0 atom stereocenters. The van der Waals surface area contributed by atoms with Gasteiger partial charge in [0, 0.05) is 17.0 Å². The van der Waals surface area contributed by atoms with E-state index in [1.165, 1.54) is 11.8 Å². The largest absolute Gasteiger partial charge is 0.452 e. The van der Waals surface area contributed by atoms with Crippen LogP contribution in [0.1, 0.15) is 47.5 Å². The summed E-state index contributed by atoms with van der Waals surface area (Å²) >= 11 is 1.41. The van der Waals surface area contributed by atoms with Crippen molar-refractivity contribution in [2.24, 2.45) is 0 Å². The van der Waals surface area contributed by atoms with Crippen LogP contribution in [0, 0.1) is 6.92 Å². The third kappa shape index (κ3) is 6.35. The number of urea groups is 1. The first-order valence-corrected chi connectivity index (χ1v) is 10.4. The fourth-order valence-corrected chi connectivity index (χ4v) is 3.97. The van der Waals surface area contributed by atoms with Crippen molar-refractivity contribution in [3.8, 4) is 0 Å². The Morgan fingerprint density at radius 1 is 1.24 bits per heavy atom. The topological polar surface area (TPSA) is 111 Å². The van der Waals surface area contributed by atoms with Crippen molar-refractivity contribution in [3.63, 3.8) is 0 Å². The van der Waals surface area contributed by atoms with E-state index in [0.29, 0.717) is 22.0 Å². The number of aromatic nitrogens is 1. The summed E-state index contributed by atoms with van der Waals surface area (Å²) in [6.07, 6.45) is 3.98. The lowest BCUT2D eigenvalue weighted by Crippen LogP contribution is -2.45. The molecule has 29 heavy (non-hydrogen) atoms. The first kappa shape index (κ1) is 20.9. The van der Waals surface area contributed by atoms with E-state index in [4.69, 9.17) is 9.26 Å². The van der Waals surface area contributed by atoms with E-state index in [9.17, 15) is 14.4 Å². The number of aryl methyl sites for hydroxylation is 1. The monoisotopic (exact) mass is 417 g/mol. The molecule has 1 aliphatic carbocycles. The zero-order valence-corrected chi connectivity index (χ0v) is 16.9. The molecule has 0 radical (unpaired) electrons. The normalized spacial score (nSPS) is 13.8. The lowest BCUT2D eigenvalue weighted by Gasteiger charge is -2.12. The molecule has 3 rings (SSSR count). The Balaban J connectivity index is 1.48. The predicted molar refractivity (Wildman–Crippen MR) is 106 cm³/mol. The molecule has 1 aromatic heterocycles. The zero-order chi connectivity index (χ0) is 20.6. The Labute approximate surface area is 172 Å². The van der Waals surface area contributed by atoms with Crippen molar-refractivity contribution in [2.75, 3.05) is 6.61 Å². The maximum absolute atomic E-state index is 12.4. The molecule has 2 N–H and O–H groups in total. The highest BCUT2D eigenvalue weighted by Crippen LogP contribution is 2.27. The lowest BCUT2D eigenvalue weighted by atomic mass is 10.2. The van der Waals surface area contributed by atoms with Crippen LogP contribution < -0.4 is 10.6 Å². The van der Waals surface area contributed by atoms with Gasteiger partial charge >= 0.3 is 12.0 Å². The Morgan fingerprint density at radius 2 is 2.00 bits per heavy atom. The summed E-state index contributed by atoms with van der Waals surface area (Å²) in [7, 11) is 0. The highest BCUT2D eigenvalue weighted by atomic mass is 32.2. The molecule has 1 saturated carbocycles. The highest BCUT2D eigenvalue weighted by molar-refractivity contribution is 7.98. The van der Waals surface area contributed by atoms with E-state index in [2.05, 4.69) is 15.8 Å². The number of hydrogen-bond donors (Lipinski definition) is 2. The van der Waals surface area contributed by atoms with Gasteiger partial charge in [-0.15, -0.1) is 11.8 Å². The average molecular weight is 417 g/mol. The van der Waals surface area contributed by atoms with Gasteiger partial charge in [-0.2, -0.15) is 0 Å². The smallest absolute Gasteiger partial charge is 0.339 e. The minimum absolute atomic E-state index is 0.0994. The molecule has 154 valence electrons. The second kappa shape index (κ2) is 10.1. The number of esters is 1. The molecule has 0 bridgehead atoms. The van der Waals surface area contributed by atoms with Crippen LogP contribution in [0.15, 0.2) is 39.8 Å². The molecular weight excluding hydrogens is 394 g/mol. The van der Waals surface area contributed by atoms with Gasteiger partial charge in [-0.05, 0) is 31.9 Å². The summed E-state index contributed by atoms with van der Waals surface area (Å²) in [5.41, 5.74) is 1.13. The van der Waals surface area contributed by atoms with Crippen LogP contribution in [0.2, 0.25) is 0 Å². The first-order chi connectivity index (χ1) is 14.0. The number of carbonyl (C=O) groups excluding carboxylic acids is 3. The van der Waals surface area contributed by atoms with E-state index in [1.807, 2.05) is 19.1 Å². The fourth-order valence-electron chi connectivity index (χ4n) is 3.06. The number of hydrogen-bond acceptors (Lipinski definition) is 7. The molecule has 9 heteroatoms. The molecule has 3 amide bonds. The van der Waals surface area contributed by atoms with E-state index in [-0.39, 0.29) is 6.04 Å². The molecular formula is C20H23N3O5S. The quantitative estimate of drug-likeness (QED) is 0.526. The van der Waals surface area contributed by atoms with Crippen LogP contribution in [0.25, 0.3) is 0 Å². The minimum Gasteiger partial charge on any atom is -0.452 e. The minimum atomic E-state index is -0.670. The average Bonchev–Trinajstić information content (AvgIpc) is 3.36. The Morgan fingerprint density at radius 3 is 2.72 bits per heavy atom. The molecule has 1 aromatic carbocycles. The van der Waals surface area contributed by atoms with E-state index >= 15 is 0 Å². The first-order valence-electron chi connectivity index (χ1n) is 9.43. The summed E-state index contributed by atoms with van der Waals surface area (Å²) in [5.74, 6) is -0.0971. The predicted octanol–water partition coefficient (Wildman–Crippen LogP) is 3.20. The van der Waals surface area contributed by atoms with Gasteiger partial charge in [-0.1, -0.05) is 30.1 Å². The number of nitrogens with one attached hydrogen (secondary N) is 2. The summed E-state index contributed by atoms with van der Waals surface area (Å²) in [6.45, 7) is 1.30. The molecule has 1 fully saturated rings. The van der Waals surface area contributed by atoms with Crippen molar-refractivity contribution < 1.29 is 23.6 Å². The van der Waals surface area contributed by atoms with Crippen LogP contribution in [-0.2, 0) is 15.3 Å². The van der Waals surface area contributed by atoms with Gasteiger partial charge in [-0.25, -0.2) is 9.59 Å². The SMILES string of the molecule is Cc1cc(CSc2ccccc2C(=O)OCC(=O)NC(=O)NC2CCCC2)on1. The second-order valence-electron chi connectivity index (χ2n) is 6.80. The molecule has 0 aliphatic heterocycles. The van der Waals surface area contributed by atoms with Gasteiger partial charge in [0.25, 0.3) is 5.91 Å². The summed E-state index contributed by atoms with van der Waals surface area (Å²) in [4.78, 5) is 36.8. The lowest BCUT2D eigenvalue weighted by molar-refractivity contribution is -0.123. The number of imide groups is 1. The molecule has 0 saturated heterocycles. The molecule has 0 spiro atoms. The molecule has 2 aromatic rings. The molecule has 1 aliphatic rings. The number of benzene rings is 1. The van der Waals surface area contributed by atoms with Gasteiger partial charge in [0.1, 0.15) is 5.76 Å². The second-order valence-corrected chi connectivity index (χ2v) is 7.82. The van der Waals surface area contributed by atoms with Crippen molar-refractivity contribution in [2.45, 2.75) is 49.3 Å². The van der Waals surface area contributed by atoms with Crippen LogP contribution in [0.3, 0.4) is 0 Å². The Kier molecular flexibility index (Phi) is 7.29. The maximum atomic E-state index is 12.4.